The maximum absolute atomic E-state index is 12.4. The monoisotopic (exact) mass is 542 g/mol. The Morgan fingerprint density at radius 1 is 1.06 bits per heavy atom. The first kappa shape index (κ1) is 22.8. The first-order valence-corrected chi connectivity index (χ1v) is 12.4. The van der Waals surface area contributed by atoms with E-state index in [0.717, 1.165) is 52.7 Å². The number of nitrogens with one attached hydrogen (secondary N) is 2. The van der Waals surface area contributed by atoms with E-state index in [2.05, 4.69) is 76.5 Å². The second kappa shape index (κ2) is 10.5. The van der Waals surface area contributed by atoms with Crippen LogP contribution in [0.5, 0.6) is 0 Å². The van der Waals surface area contributed by atoms with Crippen LogP contribution in [0.3, 0.4) is 0 Å². The number of carbonyl (C=O) groups is 1. The highest BCUT2D eigenvalue weighted by atomic mass is 127. The van der Waals surface area contributed by atoms with Gasteiger partial charge < -0.3 is 15.5 Å². The summed E-state index contributed by atoms with van der Waals surface area (Å²) in [5.41, 5.74) is 3.30. The number of anilines is 2. The minimum absolute atomic E-state index is 0.117. The highest BCUT2D eigenvalue weighted by Gasteiger charge is 2.22. The van der Waals surface area contributed by atoms with Gasteiger partial charge in [0.25, 0.3) is 0 Å². The van der Waals surface area contributed by atoms with E-state index < -0.39 is 0 Å². The van der Waals surface area contributed by atoms with Crippen molar-refractivity contribution in [2.24, 2.45) is 5.92 Å². The Morgan fingerprint density at radius 3 is 2.53 bits per heavy atom. The number of halogens is 1. The quantitative estimate of drug-likeness (QED) is 0.402. The molecule has 0 spiro atoms. The molecule has 1 fully saturated rings. The van der Waals surface area contributed by atoms with E-state index in [4.69, 9.17) is 4.98 Å². The number of hydrogen-bond donors (Lipinski definition) is 2. The molecular formula is C26H31IN4O. The molecule has 0 atom stereocenters. The van der Waals surface area contributed by atoms with Crippen molar-refractivity contribution >= 4 is 50.9 Å². The fourth-order valence-electron chi connectivity index (χ4n) is 4.46. The Kier molecular flexibility index (Phi) is 7.50. The molecule has 1 aliphatic carbocycles. The van der Waals surface area contributed by atoms with E-state index in [-0.39, 0.29) is 5.91 Å². The van der Waals surface area contributed by atoms with E-state index in [1.807, 2.05) is 30.3 Å². The van der Waals surface area contributed by atoms with Gasteiger partial charge in [0.2, 0.25) is 5.91 Å². The number of carbonyl (C=O) groups excluding carboxylic acids is 1. The molecule has 0 aliphatic heterocycles. The molecule has 5 nitrogen and oxygen atoms in total. The molecule has 168 valence electrons. The number of amides is 1. The van der Waals surface area contributed by atoms with Gasteiger partial charge in [-0.1, -0.05) is 36.4 Å². The number of fused-ring (bicyclic) bond motifs is 1. The third kappa shape index (κ3) is 5.71. The van der Waals surface area contributed by atoms with Crippen LogP contribution in [0.4, 0.5) is 11.5 Å². The maximum Gasteiger partial charge on any atom is 0.224 e. The van der Waals surface area contributed by atoms with E-state index in [0.29, 0.717) is 18.4 Å². The number of hydrogen-bond acceptors (Lipinski definition) is 4. The fourth-order valence-corrected chi connectivity index (χ4v) is 5.03. The number of para-hydroxylation sites is 1. The normalized spacial score (nSPS) is 18.3. The zero-order valence-corrected chi connectivity index (χ0v) is 20.9. The molecule has 0 unspecified atom stereocenters. The van der Waals surface area contributed by atoms with Crippen LogP contribution in [0.15, 0.2) is 54.6 Å². The fraction of sp³-hybridized carbons (Fsp3) is 0.385. The van der Waals surface area contributed by atoms with Gasteiger partial charge in [0.05, 0.1) is 11.9 Å². The average molecular weight is 542 g/mol. The van der Waals surface area contributed by atoms with E-state index >= 15 is 0 Å². The standard InChI is InChI=1S/C26H31IN4O/c1-31(2)24-16-25(30-23-10-6-4-8-21(23)24)29-20-13-11-18(12-14-20)17-28-26(32)15-19-7-3-5-9-22(19)27/h3-10,16,18,20H,11-15,17H2,1-2H3,(H,28,32)(H,29,30). The molecule has 2 aromatic carbocycles. The highest BCUT2D eigenvalue weighted by Crippen LogP contribution is 2.30. The molecule has 1 amide bonds. The smallest absolute Gasteiger partial charge is 0.224 e. The summed E-state index contributed by atoms with van der Waals surface area (Å²) in [5.74, 6) is 1.61. The van der Waals surface area contributed by atoms with Crippen LogP contribution in [0.1, 0.15) is 31.2 Å². The summed E-state index contributed by atoms with van der Waals surface area (Å²) in [5, 5.41) is 7.99. The molecule has 0 radical (unpaired) electrons. The molecule has 2 N–H and O–H groups in total. The van der Waals surface area contributed by atoms with Crippen molar-refractivity contribution in [3.63, 3.8) is 0 Å². The van der Waals surface area contributed by atoms with Crippen LogP contribution < -0.4 is 15.5 Å². The Bertz CT molecular complexity index is 1080. The summed E-state index contributed by atoms with van der Waals surface area (Å²) in [4.78, 5) is 19.4. The van der Waals surface area contributed by atoms with Crippen LogP contribution in [-0.4, -0.2) is 37.6 Å². The second-order valence-electron chi connectivity index (χ2n) is 8.87. The molecule has 4 rings (SSSR count). The summed E-state index contributed by atoms with van der Waals surface area (Å²) >= 11 is 2.29. The summed E-state index contributed by atoms with van der Waals surface area (Å²) in [6.07, 6.45) is 4.90. The minimum Gasteiger partial charge on any atom is -0.377 e. The van der Waals surface area contributed by atoms with Crippen molar-refractivity contribution in [2.45, 2.75) is 38.1 Å². The predicted molar refractivity (Wildman–Crippen MR) is 141 cm³/mol. The van der Waals surface area contributed by atoms with Crippen molar-refractivity contribution in [3.8, 4) is 0 Å². The molecule has 1 saturated carbocycles. The molecule has 0 saturated heterocycles. The topological polar surface area (TPSA) is 57.3 Å². The SMILES string of the molecule is CN(C)c1cc(NC2CCC(CNC(=O)Cc3ccccc3I)CC2)nc2ccccc12. The summed E-state index contributed by atoms with van der Waals surface area (Å²) in [6, 6.07) is 18.9. The largest absolute Gasteiger partial charge is 0.377 e. The van der Waals surface area contributed by atoms with Gasteiger partial charge in [0.1, 0.15) is 5.82 Å². The van der Waals surface area contributed by atoms with E-state index in [9.17, 15) is 4.79 Å². The second-order valence-corrected chi connectivity index (χ2v) is 10.0. The van der Waals surface area contributed by atoms with Gasteiger partial charge in [0.15, 0.2) is 0 Å². The summed E-state index contributed by atoms with van der Waals surface area (Å²) < 4.78 is 1.14. The Morgan fingerprint density at radius 2 is 1.78 bits per heavy atom. The molecule has 1 aromatic heterocycles. The summed E-state index contributed by atoms with van der Waals surface area (Å²) in [7, 11) is 4.15. The lowest BCUT2D eigenvalue weighted by Crippen LogP contribution is -2.34. The van der Waals surface area contributed by atoms with Crippen molar-refractivity contribution < 1.29 is 4.79 Å². The number of pyridine rings is 1. The predicted octanol–water partition coefficient (Wildman–Crippen LogP) is 5.24. The molecular weight excluding hydrogens is 511 g/mol. The van der Waals surface area contributed by atoms with Gasteiger partial charge in [-0.3, -0.25) is 4.79 Å². The van der Waals surface area contributed by atoms with Crippen molar-refractivity contribution in [1.82, 2.24) is 10.3 Å². The Labute approximate surface area is 204 Å². The van der Waals surface area contributed by atoms with Gasteiger partial charge in [0, 0.05) is 47.4 Å². The maximum atomic E-state index is 12.4. The first-order valence-electron chi connectivity index (χ1n) is 11.3. The number of benzene rings is 2. The molecule has 6 heteroatoms. The van der Waals surface area contributed by atoms with E-state index in [1.165, 1.54) is 11.1 Å². The minimum atomic E-state index is 0.117. The lowest BCUT2D eigenvalue weighted by atomic mass is 9.86. The Balaban J connectivity index is 1.28. The third-order valence-corrected chi connectivity index (χ3v) is 7.32. The lowest BCUT2D eigenvalue weighted by Gasteiger charge is -2.30. The van der Waals surface area contributed by atoms with Crippen molar-refractivity contribution in [1.29, 1.82) is 0 Å². The van der Waals surface area contributed by atoms with Crippen LogP contribution >= 0.6 is 22.6 Å². The average Bonchev–Trinajstić information content (AvgIpc) is 2.79. The molecule has 1 heterocycles. The third-order valence-electron chi connectivity index (χ3n) is 6.27. The van der Waals surface area contributed by atoms with Gasteiger partial charge in [-0.25, -0.2) is 4.98 Å². The number of nitrogens with zero attached hydrogens (tertiary/aromatic N) is 2. The number of aromatic nitrogens is 1. The highest BCUT2D eigenvalue weighted by molar-refractivity contribution is 14.1. The van der Waals surface area contributed by atoms with Crippen LogP contribution in [0.25, 0.3) is 10.9 Å². The van der Waals surface area contributed by atoms with Crippen molar-refractivity contribution in [3.05, 3.63) is 63.7 Å². The molecule has 0 bridgehead atoms. The van der Waals surface area contributed by atoms with Gasteiger partial charge in [-0.05, 0) is 71.9 Å². The Hall–Kier alpha value is -2.35. The zero-order chi connectivity index (χ0) is 22.5. The van der Waals surface area contributed by atoms with Crippen molar-refractivity contribution in [2.75, 3.05) is 30.9 Å². The molecule has 1 aliphatic rings. The summed E-state index contributed by atoms with van der Waals surface area (Å²) in [6.45, 7) is 0.772. The van der Waals surface area contributed by atoms with E-state index in [1.54, 1.807) is 0 Å². The molecule has 3 aromatic rings. The van der Waals surface area contributed by atoms with Crippen LogP contribution in [0, 0.1) is 9.49 Å². The van der Waals surface area contributed by atoms with Gasteiger partial charge in [-0.2, -0.15) is 0 Å². The first-order chi connectivity index (χ1) is 15.5. The number of rotatable bonds is 7. The van der Waals surface area contributed by atoms with Gasteiger partial charge >= 0.3 is 0 Å². The van der Waals surface area contributed by atoms with Crippen LogP contribution in [0.2, 0.25) is 0 Å². The lowest BCUT2D eigenvalue weighted by molar-refractivity contribution is -0.120. The zero-order valence-electron chi connectivity index (χ0n) is 18.8. The van der Waals surface area contributed by atoms with Gasteiger partial charge in [-0.15, -0.1) is 0 Å². The van der Waals surface area contributed by atoms with Crippen LogP contribution in [-0.2, 0) is 11.2 Å². The molecule has 32 heavy (non-hydrogen) atoms.